The first-order valence-electron chi connectivity index (χ1n) is 12.2. The molecule has 0 radical (unpaired) electrons. The van der Waals surface area contributed by atoms with Crippen molar-refractivity contribution in [1.29, 1.82) is 0 Å². The number of aryl methyl sites for hydroxylation is 1. The molecule has 2 rings (SSSR count). The molecule has 0 aromatic heterocycles. The van der Waals surface area contributed by atoms with Crippen molar-refractivity contribution in [2.45, 2.75) is 58.2 Å². The zero-order valence-corrected chi connectivity index (χ0v) is 21.9. The number of esters is 2. The molecule has 0 bridgehead atoms. The van der Waals surface area contributed by atoms with Gasteiger partial charge in [-0.2, -0.15) is 0 Å². The maximum Gasteiger partial charge on any atom is 0.408 e. The second kappa shape index (κ2) is 15.1. The summed E-state index contributed by atoms with van der Waals surface area (Å²) in [6, 6.07) is 17.0. The van der Waals surface area contributed by atoms with E-state index >= 15 is 0 Å². The van der Waals surface area contributed by atoms with Crippen molar-refractivity contribution in [2.75, 3.05) is 13.2 Å². The van der Waals surface area contributed by atoms with E-state index in [4.69, 9.17) is 14.2 Å². The number of ketones is 1. The fourth-order valence-corrected chi connectivity index (χ4v) is 3.12. The van der Waals surface area contributed by atoms with Crippen LogP contribution in [0, 0.1) is 0 Å². The van der Waals surface area contributed by atoms with Crippen molar-refractivity contribution < 1.29 is 38.2 Å². The lowest BCUT2D eigenvalue weighted by atomic mass is 10.1. The number of hydrogen-bond donors (Lipinski definition) is 2. The van der Waals surface area contributed by atoms with Gasteiger partial charge in [-0.05, 0) is 38.3 Å². The molecule has 0 saturated heterocycles. The van der Waals surface area contributed by atoms with Crippen molar-refractivity contribution in [3.05, 3.63) is 71.8 Å². The van der Waals surface area contributed by atoms with Crippen molar-refractivity contribution in [1.82, 2.24) is 10.6 Å². The molecular weight excluding hydrogens is 492 g/mol. The summed E-state index contributed by atoms with van der Waals surface area (Å²) in [5.74, 6) is -2.79. The molecule has 0 fully saturated rings. The number of rotatable bonds is 13. The Bertz CT molecular complexity index is 1080. The average Bonchev–Trinajstić information content (AvgIpc) is 2.88. The second-order valence-corrected chi connectivity index (χ2v) is 9.46. The highest BCUT2D eigenvalue weighted by Gasteiger charge is 2.29. The van der Waals surface area contributed by atoms with Gasteiger partial charge in [0.15, 0.2) is 12.4 Å². The second-order valence-electron chi connectivity index (χ2n) is 9.46. The van der Waals surface area contributed by atoms with Crippen LogP contribution in [0.4, 0.5) is 4.79 Å². The predicted octanol–water partition coefficient (Wildman–Crippen LogP) is 2.87. The Morgan fingerprint density at radius 2 is 1.42 bits per heavy atom. The third-order valence-corrected chi connectivity index (χ3v) is 4.95. The number of alkyl carbamates (subject to hydrolysis) is 1. The fourth-order valence-electron chi connectivity index (χ4n) is 3.12. The van der Waals surface area contributed by atoms with Gasteiger partial charge in [0.2, 0.25) is 0 Å². The molecule has 2 amide bonds. The number of ether oxygens (including phenoxy) is 3. The number of amides is 2. The summed E-state index contributed by atoms with van der Waals surface area (Å²) in [7, 11) is 0. The SMILES string of the molecule is CC(C)(C)OC(=O)NC(CC(=O)OCC(=O)CCc1ccccc1)C(=O)OCC(=O)NCc1ccccc1. The lowest BCUT2D eigenvalue weighted by Crippen LogP contribution is -2.46. The molecule has 0 spiro atoms. The van der Waals surface area contributed by atoms with Gasteiger partial charge in [-0.3, -0.25) is 14.4 Å². The molecule has 10 nitrogen and oxygen atoms in total. The molecule has 1 atom stereocenters. The first kappa shape index (κ1) is 30.0. The standard InChI is InChI=1S/C28H34N2O8/c1-28(2,3)38-27(35)30-23(26(34)37-19-24(32)29-17-21-12-8-5-9-13-21)16-25(33)36-18-22(31)15-14-20-10-6-4-7-11-20/h4-13,23H,14-19H2,1-3H3,(H,29,32)(H,30,35). The summed E-state index contributed by atoms with van der Waals surface area (Å²) in [5, 5.41) is 4.87. The molecule has 38 heavy (non-hydrogen) atoms. The van der Waals surface area contributed by atoms with Gasteiger partial charge in [0, 0.05) is 13.0 Å². The van der Waals surface area contributed by atoms with Crippen LogP contribution >= 0.6 is 0 Å². The van der Waals surface area contributed by atoms with E-state index in [2.05, 4.69) is 10.6 Å². The van der Waals surface area contributed by atoms with E-state index in [1.165, 1.54) is 0 Å². The van der Waals surface area contributed by atoms with E-state index in [9.17, 15) is 24.0 Å². The minimum absolute atomic E-state index is 0.178. The average molecular weight is 527 g/mol. The lowest BCUT2D eigenvalue weighted by molar-refractivity contribution is -0.155. The molecule has 0 aliphatic heterocycles. The van der Waals surface area contributed by atoms with Gasteiger partial charge in [0.05, 0.1) is 6.42 Å². The summed E-state index contributed by atoms with van der Waals surface area (Å²) in [6.07, 6.45) is -0.898. The van der Waals surface area contributed by atoms with Crippen LogP contribution in [0.25, 0.3) is 0 Å². The van der Waals surface area contributed by atoms with Gasteiger partial charge >= 0.3 is 18.0 Å². The number of nitrogens with one attached hydrogen (secondary N) is 2. The number of carbonyl (C=O) groups excluding carboxylic acids is 5. The Morgan fingerprint density at radius 3 is 2.03 bits per heavy atom. The molecule has 2 N–H and O–H groups in total. The molecular formula is C28H34N2O8. The molecule has 1 unspecified atom stereocenters. The first-order valence-corrected chi connectivity index (χ1v) is 12.2. The monoisotopic (exact) mass is 526 g/mol. The number of carbonyl (C=O) groups is 5. The Hall–Kier alpha value is -4.21. The summed E-state index contributed by atoms with van der Waals surface area (Å²) >= 11 is 0. The van der Waals surface area contributed by atoms with Gasteiger partial charge in [-0.25, -0.2) is 9.59 Å². The van der Waals surface area contributed by atoms with E-state index in [-0.39, 0.29) is 18.7 Å². The highest BCUT2D eigenvalue weighted by atomic mass is 16.6. The highest BCUT2D eigenvalue weighted by molar-refractivity contribution is 5.89. The number of hydrogen-bond acceptors (Lipinski definition) is 8. The van der Waals surface area contributed by atoms with Crippen molar-refractivity contribution in [2.24, 2.45) is 0 Å². The third kappa shape index (κ3) is 12.7. The smallest absolute Gasteiger partial charge is 0.408 e. The molecule has 0 aliphatic carbocycles. The van der Waals surface area contributed by atoms with Crippen LogP contribution in [0.3, 0.4) is 0 Å². The van der Waals surface area contributed by atoms with Crippen LogP contribution in [0.15, 0.2) is 60.7 Å². The maximum absolute atomic E-state index is 12.6. The van der Waals surface area contributed by atoms with E-state index in [1.54, 1.807) is 20.8 Å². The molecule has 0 saturated carbocycles. The molecule has 0 aliphatic rings. The van der Waals surface area contributed by atoms with Crippen molar-refractivity contribution in [3.63, 3.8) is 0 Å². The normalized spacial score (nSPS) is 11.6. The highest BCUT2D eigenvalue weighted by Crippen LogP contribution is 2.09. The van der Waals surface area contributed by atoms with Crippen LogP contribution in [0.1, 0.15) is 44.7 Å². The van der Waals surface area contributed by atoms with Crippen LogP contribution in [0.2, 0.25) is 0 Å². The van der Waals surface area contributed by atoms with Gasteiger partial charge < -0.3 is 24.8 Å². The lowest BCUT2D eigenvalue weighted by Gasteiger charge is -2.22. The zero-order chi connectivity index (χ0) is 28.0. The Kier molecular flexibility index (Phi) is 12.0. The Morgan fingerprint density at radius 1 is 0.816 bits per heavy atom. The fraction of sp³-hybridized carbons (Fsp3) is 0.393. The van der Waals surface area contributed by atoms with Crippen molar-refractivity contribution in [3.8, 4) is 0 Å². The van der Waals surface area contributed by atoms with Crippen LogP contribution in [0.5, 0.6) is 0 Å². The van der Waals surface area contributed by atoms with E-state index in [0.717, 1.165) is 11.1 Å². The molecule has 10 heteroatoms. The summed E-state index contributed by atoms with van der Waals surface area (Å²) in [4.78, 5) is 61.4. The minimum Gasteiger partial charge on any atom is -0.458 e. The van der Waals surface area contributed by atoms with Gasteiger partial charge in [0.25, 0.3) is 5.91 Å². The summed E-state index contributed by atoms with van der Waals surface area (Å²) in [5.41, 5.74) is 0.976. The molecule has 204 valence electrons. The summed E-state index contributed by atoms with van der Waals surface area (Å²) in [6.45, 7) is 4.04. The zero-order valence-electron chi connectivity index (χ0n) is 21.9. The topological polar surface area (TPSA) is 137 Å². The summed E-state index contributed by atoms with van der Waals surface area (Å²) < 4.78 is 15.1. The number of Topliss-reactive ketones (excluding diaryl/α,β-unsaturated/α-hetero) is 1. The van der Waals surface area contributed by atoms with E-state index < -0.39 is 55.2 Å². The first-order chi connectivity index (χ1) is 18.0. The maximum atomic E-state index is 12.6. The van der Waals surface area contributed by atoms with E-state index in [0.29, 0.717) is 6.42 Å². The van der Waals surface area contributed by atoms with Crippen LogP contribution in [-0.4, -0.2) is 54.6 Å². The Labute approximate surface area is 222 Å². The largest absolute Gasteiger partial charge is 0.458 e. The molecule has 0 heterocycles. The van der Waals surface area contributed by atoms with E-state index in [1.807, 2.05) is 60.7 Å². The van der Waals surface area contributed by atoms with Crippen molar-refractivity contribution >= 4 is 29.7 Å². The molecule has 2 aromatic carbocycles. The van der Waals surface area contributed by atoms with Gasteiger partial charge in [0.1, 0.15) is 18.2 Å². The quantitative estimate of drug-likeness (QED) is 0.300. The molecule has 2 aromatic rings. The third-order valence-electron chi connectivity index (χ3n) is 4.95. The number of benzene rings is 2. The predicted molar refractivity (Wildman–Crippen MR) is 138 cm³/mol. The minimum atomic E-state index is -1.49. The van der Waals surface area contributed by atoms with Gasteiger partial charge in [-0.1, -0.05) is 60.7 Å². The van der Waals surface area contributed by atoms with Crippen LogP contribution in [-0.2, 0) is 46.4 Å². The van der Waals surface area contributed by atoms with Gasteiger partial charge in [-0.15, -0.1) is 0 Å². The van der Waals surface area contributed by atoms with Crippen LogP contribution < -0.4 is 10.6 Å². The Balaban J connectivity index is 1.86.